The van der Waals surface area contributed by atoms with Crippen LogP contribution < -0.4 is 5.32 Å². The summed E-state index contributed by atoms with van der Waals surface area (Å²) in [4.78, 5) is 1.40. The van der Waals surface area contributed by atoms with Crippen molar-refractivity contribution in [2.45, 2.75) is 19.0 Å². The van der Waals surface area contributed by atoms with Crippen molar-refractivity contribution in [2.75, 3.05) is 13.2 Å². The van der Waals surface area contributed by atoms with Crippen molar-refractivity contribution in [2.24, 2.45) is 0 Å². The largest absolute Gasteiger partial charge is 0.377 e. The Morgan fingerprint density at radius 2 is 2.19 bits per heavy atom. The molecule has 0 bridgehead atoms. The molecule has 0 atom stereocenters. The number of ether oxygens (including phenoxy) is 1. The quantitative estimate of drug-likeness (QED) is 0.880. The molecule has 1 N–H and O–H groups in total. The first-order valence-electron chi connectivity index (χ1n) is 5.55. The van der Waals surface area contributed by atoms with Gasteiger partial charge in [-0.15, -0.1) is 11.3 Å². The Bertz CT molecular complexity index is 468. The fourth-order valence-corrected chi connectivity index (χ4v) is 2.94. The predicted molar refractivity (Wildman–Crippen MR) is 67.9 cm³/mol. The molecule has 0 saturated carbocycles. The molecule has 2 heterocycles. The van der Waals surface area contributed by atoms with Gasteiger partial charge in [-0.2, -0.15) is 0 Å². The van der Waals surface area contributed by atoms with Crippen molar-refractivity contribution in [1.82, 2.24) is 5.32 Å². The summed E-state index contributed by atoms with van der Waals surface area (Å²) in [6.45, 7) is 4.82. The van der Waals surface area contributed by atoms with Crippen molar-refractivity contribution in [3.63, 3.8) is 0 Å². The first kappa shape index (κ1) is 10.3. The van der Waals surface area contributed by atoms with E-state index in [0.717, 1.165) is 19.8 Å². The van der Waals surface area contributed by atoms with Crippen molar-refractivity contribution in [3.8, 4) is 0 Å². The number of fused-ring (bicyclic) bond motifs is 1. The minimum absolute atomic E-state index is 0.191. The zero-order valence-electron chi connectivity index (χ0n) is 9.32. The summed E-state index contributed by atoms with van der Waals surface area (Å²) in [7, 11) is 0. The van der Waals surface area contributed by atoms with Gasteiger partial charge in [-0.05, 0) is 24.4 Å². The number of nitrogens with one attached hydrogen (secondary N) is 1. The molecular formula is C13H15NOS. The number of rotatable bonds is 3. The van der Waals surface area contributed by atoms with Crippen LogP contribution in [0.3, 0.4) is 0 Å². The van der Waals surface area contributed by atoms with E-state index in [1.165, 1.54) is 15.0 Å². The smallest absolute Gasteiger partial charge is 0.0669 e. The van der Waals surface area contributed by atoms with Gasteiger partial charge in [-0.3, -0.25) is 0 Å². The molecule has 0 radical (unpaired) electrons. The lowest BCUT2D eigenvalue weighted by molar-refractivity contribution is -0.0648. The first-order chi connectivity index (χ1) is 7.75. The van der Waals surface area contributed by atoms with E-state index >= 15 is 0 Å². The molecule has 1 aromatic heterocycles. The summed E-state index contributed by atoms with van der Waals surface area (Å²) >= 11 is 1.87. The molecule has 1 saturated heterocycles. The number of hydrogen-bond acceptors (Lipinski definition) is 3. The molecule has 0 aliphatic carbocycles. The van der Waals surface area contributed by atoms with Gasteiger partial charge in [0.25, 0.3) is 0 Å². The summed E-state index contributed by atoms with van der Waals surface area (Å²) in [5.41, 5.74) is 0.191. The fraction of sp³-hybridized carbons (Fsp3) is 0.385. The lowest BCUT2D eigenvalue weighted by atomic mass is 10.0. The van der Waals surface area contributed by atoms with E-state index < -0.39 is 0 Å². The molecule has 0 unspecified atom stereocenters. The third kappa shape index (κ3) is 1.86. The highest BCUT2D eigenvalue weighted by atomic mass is 32.1. The van der Waals surface area contributed by atoms with E-state index in [9.17, 15) is 0 Å². The molecule has 3 heteroatoms. The molecular weight excluding hydrogens is 218 g/mol. The normalized spacial score (nSPS) is 18.6. The SMILES string of the molecule is CC1(NCc2cc3ccccc3s2)COC1. The topological polar surface area (TPSA) is 21.3 Å². The van der Waals surface area contributed by atoms with Gasteiger partial charge in [0.2, 0.25) is 0 Å². The van der Waals surface area contributed by atoms with Crippen LogP contribution in [0, 0.1) is 0 Å². The van der Waals surface area contributed by atoms with Crippen LogP contribution in [0.25, 0.3) is 10.1 Å². The van der Waals surface area contributed by atoms with E-state index in [1.54, 1.807) is 0 Å². The van der Waals surface area contributed by atoms with Crippen molar-refractivity contribution in [1.29, 1.82) is 0 Å². The van der Waals surface area contributed by atoms with Crippen molar-refractivity contribution >= 4 is 21.4 Å². The summed E-state index contributed by atoms with van der Waals surface area (Å²) < 4.78 is 6.60. The van der Waals surface area contributed by atoms with Gasteiger partial charge in [-0.25, -0.2) is 0 Å². The maximum absolute atomic E-state index is 5.23. The third-order valence-electron chi connectivity index (χ3n) is 3.01. The van der Waals surface area contributed by atoms with Crippen LogP contribution in [-0.4, -0.2) is 18.8 Å². The maximum Gasteiger partial charge on any atom is 0.0669 e. The second-order valence-corrected chi connectivity index (χ2v) is 5.83. The summed E-state index contributed by atoms with van der Waals surface area (Å²) in [6, 6.07) is 10.8. The second-order valence-electron chi connectivity index (χ2n) is 4.66. The van der Waals surface area contributed by atoms with Crippen LogP contribution in [0.4, 0.5) is 0 Å². The zero-order chi connectivity index (χ0) is 11.0. The van der Waals surface area contributed by atoms with Crippen molar-refractivity contribution < 1.29 is 4.74 Å². The highest BCUT2D eigenvalue weighted by molar-refractivity contribution is 7.19. The highest BCUT2D eigenvalue weighted by Gasteiger charge is 2.32. The van der Waals surface area contributed by atoms with Gasteiger partial charge >= 0.3 is 0 Å². The molecule has 2 aromatic rings. The van der Waals surface area contributed by atoms with Gasteiger partial charge in [-0.1, -0.05) is 18.2 Å². The third-order valence-corrected chi connectivity index (χ3v) is 4.12. The predicted octanol–water partition coefficient (Wildman–Crippen LogP) is 2.78. The van der Waals surface area contributed by atoms with Gasteiger partial charge < -0.3 is 10.1 Å². The Morgan fingerprint density at radius 1 is 1.38 bits per heavy atom. The molecule has 84 valence electrons. The fourth-order valence-electron chi connectivity index (χ4n) is 1.93. The van der Waals surface area contributed by atoms with E-state index in [1.807, 2.05) is 11.3 Å². The first-order valence-corrected chi connectivity index (χ1v) is 6.37. The minimum atomic E-state index is 0.191. The summed E-state index contributed by atoms with van der Waals surface area (Å²) in [5, 5.41) is 4.90. The Kier molecular flexibility index (Phi) is 2.46. The van der Waals surface area contributed by atoms with Crippen molar-refractivity contribution in [3.05, 3.63) is 35.2 Å². The number of thiophene rings is 1. The molecule has 3 rings (SSSR count). The van der Waals surface area contributed by atoms with E-state index in [2.05, 4.69) is 42.6 Å². The Labute approximate surface area is 99.2 Å². The summed E-state index contributed by atoms with van der Waals surface area (Å²) in [6.07, 6.45) is 0. The Balaban J connectivity index is 1.74. The number of benzene rings is 1. The van der Waals surface area contributed by atoms with Gasteiger partial charge in [0, 0.05) is 16.1 Å². The molecule has 2 nitrogen and oxygen atoms in total. The van der Waals surface area contributed by atoms with Crippen LogP contribution in [0.15, 0.2) is 30.3 Å². The van der Waals surface area contributed by atoms with E-state index in [4.69, 9.17) is 4.74 Å². The summed E-state index contributed by atoms with van der Waals surface area (Å²) in [5.74, 6) is 0. The molecule has 1 fully saturated rings. The average Bonchev–Trinajstić information content (AvgIpc) is 2.66. The standard InChI is InChI=1S/C13H15NOS/c1-13(8-15-9-13)14-7-11-6-10-4-2-3-5-12(10)16-11/h2-6,14H,7-9H2,1H3. The molecule has 0 spiro atoms. The average molecular weight is 233 g/mol. The second kappa shape index (κ2) is 3.84. The number of hydrogen-bond donors (Lipinski definition) is 1. The zero-order valence-corrected chi connectivity index (χ0v) is 10.1. The van der Waals surface area contributed by atoms with Crippen LogP contribution in [-0.2, 0) is 11.3 Å². The van der Waals surface area contributed by atoms with Crippen LogP contribution in [0.5, 0.6) is 0 Å². The van der Waals surface area contributed by atoms with Crippen LogP contribution >= 0.6 is 11.3 Å². The van der Waals surface area contributed by atoms with Gasteiger partial charge in [0.1, 0.15) is 0 Å². The highest BCUT2D eigenvalue weighted by Crippen LogP contribution is 2.26. The van der Waals surface area contributed by atoms with Gasteiger partial charge in [0.05, 0.1) is 18.8 Å². The molecule has 16 heavy (non-hydrogen) atoms. The van der Waals surface area contributed by atoms with E-state index in [0.29, 0.717) is 0 Å². The lowest BCUT2D eigenvalue weighted by Crippen LogP contribution is -2.57. The lowest BCUT2D eigenvalue weighted by Gasteiger charge is -2.38. The monoisotopic (exact) mass is 233 g/mol. The molecule has 1 aliphatic heterocycles. The Hall–Kier alpha value is -0.900. The Morgan fingerprint density at radius 3 is 2.88 bits per heavy atom. The van der Waals surface area contributed by atoms with Crippen LogP contribution in [0.1, 0.15) is 11.8 Å². The van der Waals surface area contributed by atoms with Crippen LogP contribution in [0.2, 0.25) is 0 Å². The minimum Gasteiger partial charge on any atom is -0.377 e. The maximum atomic E-state index is 5.23. The molecule has 0 amide bonds. The molecule has 1 aliphatic rings. The van der Waals surface area contributed by atoms with Gasteiger partial charge in [0.15, 0.2) is 0 Å². The van der Waals surface area contributed by atoms with E-state index in [-0.39, 0.29) is 5.54 Å². The molecule has 1 aromatic carbocycles.